The molecule has 0 aromatic heterocycles. The summed E-state index contributed by atoms with van der Waals surface area (Å²) in [5.41, 5.74) is 3.01. The first kappa shape index (κ1) is 26.6. The van der Waals surface area contributed by atoms with Gasteiger partial charge in [0.1, 0.15) is 0 Å². The molecule has 0 saturated heterocycles. The number of carbonyl (C=O) groups excluding carboxylic acids is 2. The van der Waals surface area contributed by atoms with Gasteiger partial charge in [0.05, 0.1) is 23.5 Å². The van der Waals surface area contributed by atoms with E-state index in [1.807, 2.05) is 55.5 Å². The van der Waals surface area contributed by atoms with Crippen LogP contribution in [0.5, 0.6) is 0 Å². The zero-order chi connectivity index (χ0) is 26.6. The third kappa shape index (κ3) is 5.92. The van der Waals surface area contributed by atoms with Gasteiger partial charge in [0.25, 0.3) is 0 Å². The maximum Gasteiger partial charge on any atom is 0.316 e. The maximum absolute atomic E-state index is 13.7. The largest absolute Gasteiger partial charge is 0.465 e. The molecular weight excluding hydrogens is 488 g/mol. The zero-order valence-electron chi connectivity index (χ0n) is 21.4. The quantitative estimate of drug-likeness (QED) is 0.390. The Morgan fingerprint density at radius 2 is 1.65 bits per heavy atom. The average molecular weight is 521 g/mol. The van der Waals surface area contributed by atoms with E-state index in [1.54, 1.807) is 38.1 Å². The summed E-state index contributed by atoms with van der Waals surface area (Å²) in [5.74, 6) is -0.677. The van der Waals surface area contributed by atoms with Crippen molar-refractivity contribution in [2.24, 2.45) is 0 Å². The number of nitrogens with zero attached hydrogens (tertiary/aromatic N) is 1. The Labute approximate surface area is 218 Å². The van der Waals surface area contributed by atoms with Gasteiger partial charge in [-0.2, -0.15) is 4.31 Å². The second-order valence-corrected chi connectivity index (χ2v) is 11.4. The summed E-state index contributed by atoms with van der Waals surface area (Å²) in [6, 6.07) is 21.5. The van der Waals surface area contributed by atoms with Crippen LogP contribution in [0, 0.1) is 13.8 Å². The molecule has 1 fully saturated rings. The van der Waals surface area contributed by atoms with Crippen LogP contribution in [0.25, 0.3) is 0 Å². The van der Waals surface area contributed by atoms with Crippen LogP contribution in [0.1, 0.15) is 42.0 Å². The summed E-state index contributed by atoms with van der Waals surface area (Å²) in [5, 5.41) is 2.80. The lowest BCUT2D eigenvalue weighted by Crippen LogP contribution is -2.38. The van der Waals surface area contributed by atoms with Crippen molar-refractivity contribution in [3.8, 4) is 0 Å². The number of ether oxygens (including phenoxy) is 1. The smallest absolute Gasteiger partial charge is 0.316 e. The van der Waals surface area contributed by atoms with Crippen LogP contribution in [-0.2, 0) is 36.3 Å². The molecule has 0 spiro atoms. The molecule has 1 N–H and O–H groups in total. The molecule has 1 aliphatic rings. The summed E-state index contributed by atoms with van der Waals surface area (Å²) in [7, 11) is -3.95. The molecule has 1 saturated carbocycles. The third-order valence-electron chi connectivity index (χ3n) is 6.62. The number of hydrogen-bond donors (Lipinski definition) is 1. The van der Waals surface area contributed by atoms with Crippen LogP contribution in [0.2, 0.25) is 0 Å². The van der Waals surface area contributed by atoms with Gasteiger partial charge in [-0.1, -0.05) is 54.6 Å². The van der Waals surface area contributed by atoms with Crippen LogP contribution in [0.15, 0.2) is 77.7 Å². The van der Waals surface area contributed by atoms with E-state index in [-0.39, 0.29) is 24.0 Å². The van der Waals surface area contributed by atoms with Gasteiger partial charge in [-0.25, -0.2) is 8.42 Å². The minimum atomic E-state index is -3.95. The maximum atomic E-state index is 13.7. The Morgan fingerprint density at radius 1 is 0.973 bits per heavy atom. The fraction of sp³-hybridized carbons (Fsp3) is 0.310. The van der Waals surface area contributed by atoms with Gasteiger partial charge >= 0.3 is 5.97 Å². The highest BCUT2D eigenvalue weighted by Crippen LogP contribution is 2.49. The molecule has 1 aliphatic carbocycles. The van der Waals surface area contributed by atoms with Gasteiger partial charge < -0.3 is 10.1 Å². The summed E-state index contributed by atoms with van der Waals surface area (Å²) in [4.78, 5) is 25.6. The second-order valence-electron chi connectivity index (χ2n) is 9.46. The number of hydrogen-bond acceptors (Lipinski definition) is 5. The van der Waals surface area contributed by atoms with E-state index in [0.717, 1.165) is 29.5 Å². The molecule has 194 valence electrons. The predicted octanol–water partition coefficient (Wildman–Crippen LogP) is 4.73. The minimum Gasteiger partial charge on any atom is -0.465 e. The first-order valence-corrected chi connectivity index (χ1v) is 13.8. The number of carbonyl (C=O) groups is 2. The molecule has 8 heteroatoms. The van der Waals surface area contributed by atoms with Crippen molar-refractivity contribution in [3.63, 3.8) is 0 Å². The van der Waals surface area contributed by atoms with E-state index in [9.17, 15) is 18.0 Å². The molecule has 37 heavy (non-hydrogen) atoms. The molecule has 3 aromatic carbocycles. The monoisotopic (exact) mass is 520 g/mol. The molecule has 0 atom stereocenters. The first-order chi connectivity index (χ1) is 17.7. The number of benzene rings is 3. The van der Waals surface area contributed by atoms with Crippen molar-refractivity contribution in [1.29, 1.82) is 0 Å². The number of amides is 1. The van der Waals surface area contributed by atoms with Crippen molar-refractivity contribution in [2.75, 3.05) is 18.5 Å². The Hall–Kier alpha value is -3.49. The second kappa shape index (κ2) is 10.9. The summed E-state index contributed by atoms with van der Waals surface area (Å²) in [6.45, 7) is 5.42. The van der Waals surface area contributed by atoms with Gasteiger partial charge in [0.2, 0.25) is 15.9 Å². The third-order valence-corrected chi connectivity index (χ3v) is 8.55. The number of aryl methyl sites for hydroxylation is 2. The summed E-state index contributed by atoms with van der Waals surface area (Å²) < 4.78 is 33.8. The molecule has 3 aromatic rings. The van der Waals surface area contributed by atoms with E-state index < -0.39 is 21.3 Å². The first-order valence-electron chi connectivity index (χ1n) is 12.3. The zero-order valence-corrected chi connectivity index (χ0v) is 22.2. The van der Waals surface area contributed by atoms with Crippen LogP contribution in [0.4, 0.5) is 5.69 Å². The lowest BCUT2D eigenvalue weighted by Gasteiger charge is -2.23. The highest BCUT2D eigenvalue weighted by atomic mass is 32.2. The SMILES string of the molecule is CCOC(=O)C1(c2ccc(NC(=O)CN(Cc3ccccc3)S(=O)(=O)c3cc(C)ccc3C)cc2)CC1. The van der Waals surface area contributed by atoms with Gasteiger partial charge in [0, 0.05) is 12.2 Å². The van der Waals surface area contributed by atoms with Crippen molar-refractivity contribution < 1.29 is 22.7 Å². The van der Waals surface area contributed by atoms with Crippen LogP contribution < -0.4 is 5.32 Å². The fourth-order valence-electron chi connectivity index (χ4n) is 4.38. The number of nitrogens with one attached hydrogen (secondary N) is 1. The standard InChI is InChI=1S/C29H32N2O5S/c1-4-36-28(33)29(16-17-29)24-12-14-25(15-13-24)30-27(32)20-31(19-23-8-6-5-7-9-23)37(34,35)26-18-21(2)10-11-22(26)3/h5-15,18H,4,16-17,19-20H2,1-3H3,(H,30,32). The normalized spacial score (nSPS) is 14.3. The lowest BCUT2D eigenvalue weighted by molar-refractivity contribution is -0.146. The summed E-state index contributed by atoms with van der Waals surface area (Å²) in [6.07, 6.45) is 1.48. The van der Waals surface area contributed by atoms with E-state index in [4.69, 9.17) is 4.74 Å². The van der Waals surface area contributed by atoms with Gasteiger partial charge in [-0.05, 0) is 74.1 Å². The van der Waals surface area contributed by atoms with Crippen LogP contribution in [0.3, 0.4) is 0 Å². The Kier molecular flexibility index (Phi) is 7.80. The average Bonchev–Trinajstić information content (AvgIpc) is 3.68. The molecule has 4 rings (SSSR count). The van der Waals surface area contributed by atoms with Crippen LogP contribution >= 0.6 is 0 Å². The number of anilines is 1. The molecule has 1 amide bonds. The van der Waals surface area contributed by atoms with E-state index in [0.29, 0.717) is 17.9 Å². The summed E-state index contributed by atoms with van der Waals surface area (Å²) >= 11 is 0. The van der Waals surface area contributed by atoms with E-state index >= 15 is 0 Å². The molecule has 7 nitrogen and oxygen atoms in total. The van der Waals surface area contributed by atoms with Crippen molar-refractivity contribution in [2.45, 2.75) is 50.5 Å². The molecule has 0 aliphatic heterocycles. The van der Waals surface area contributed by atoms with Crippen molar-refractivity contribution in [1.82, 2.24) is 4.31 Å². The van der Waals surface area contributed by atoms with Gasteiger partial charge in [0.15, 0.2) is 0 Å². The highest BCUT2D eigenvalue weighted by Gasteiger charge is 2.52. The van der Waals surface area contributed by atoms with E-state index in [2.05, 4.69) is 5.32 Å². The molecule has 0 unspecified atom stereocenters. The molecular formula is C29H32N2O5S. The molecule has 0 bridgehead atoms. The molecule has 0 radical (unpaired) electrons. The fourth-order valence-corrected chi connectivity index (χ4v) is 6.07. The van der Waals surface area contributed by atoms with Crippen molar-refractivity contribution >= 4 is 27.6 Å². The van der Waals surface area contributed by atoms with E-state index in [1.165, 1.54) is 4.31 Å². The van der Waals surface area contributed by atoms with Crippen molar-refractivity contribution in [3.05, 3.63) is 95.1 Å². The topological polar surface area (TPSA) is 92.8 Å². The van der Waals surface area contributed by atoms with Gasteiger partial charge in [-0.15, -0.1) is 0 Å². The lowest BCUT2D eigenvalue weighted by atomic mass is 9.96. The predicted molar refractivity (Wildman–Crippen MR) is 143 cm³/mol. The Morgan fingerprint density at radius 3 is 2.27 bits per heavy atom. The Balaban J connectivity index is 1.53. The molecule has 0 heterocycles. The minimum absolute atomic E-state index is 0.0605. The van der Waals surface area contributed by atoms with Gasteiger partial charge in [-0.3, -0.25) is 9.59 Å². The number of esters is 1. The number of rotatable bonds is 10. The Bertz CT molecular complexity index is 1380. The number of sulfonamides is 1. The highest BCUT2D eigenvalue weighted by molar-refractivity contribution is 7.89. The van der Waals surface area contributed by atoms with Crippen LogP contribution in [-0.4, -0.2) is 37.8 Å².